The van der Waals surface area contributed by atoms with E-state index in [-0.39, 0.29) is 17.6 Å². The van der Waals surface area contributed by atoms with Crippen molar-refractivity contribution in [1.82, 2.24) is 9.97 Å². The predicted molar refractivity (Wildman–Crippen MR) is 113 cm³/mol. The van der Waals surface area contributed by atoms with E-state index in [2.05, 4.69) is 27.4 Å². The van der Waals surface area contributed by atoms with Crippen LogP contribution in [-0.2, 0) is 0 Å². The van der Waals surface area contributed by atoms with Gasteiger partial charge in [0, 0.05) is 5.56 Å². The number of aromatic amines is 1. The average Bonchev–Trinajstić information content (AvgIpc) is 2.74. The second kappa shape index (κ2) is 9.33. The summed E-state index contributed by atoms with van der Waals surface area (Å²) < 4.78 is 5.80. The van der Waals surface area contributed by atoms with E-state index in [0.29, 0.717) is 11.3 Å². The normalized spacial score (nSPS) is 11.8. The third-order valence-electron chi connectivity index (χ3n) is 4.23. The molecule has 0 saturated heterocycles. The summed E-state index contributed by atoms with van der Waals surface area (Å²) in [4.78, 5) is 19.1. The molecule has 0 spiro atoms. The second-order valence-electron chi connectivity index (χ2n) is 6.40. The summed E-state index contributed by atoms with van der Waals surface area (Å²) in [6.45, 7) is 4.08. The quantitative estimate of drug-likeness (QED) is 0.472. The lowest BCUT2D eigenvalue weighted by molar-refractivity contribution is 0.217. The number of benzene rings is 2. The molecule has 1 aromatic heterocycles. The highest BCUT2D eigenvalue weighted by Gasteiger charge is 2.12. The minimum atomic E-state index is -0.525. The van der Waals surface area contributed by atoms with Crippen molar-refractivity contribution >= 4 is 12.2 Å². The van der Waals surface area contributed by atoms with Crippen LogP contribution in [0.2, 0.25) is 0 Å². The van der Waals surface area contributed by atoms with Gasteiger partial charge in [-0.05, 0) is 31.0 Å². The zero-order chi connectivity index (χ0) is 20.6. The van der Waals surface area contributed by atoms with Gasteiger partial charge in [0.25, 0.3) is 5.56 Å². The number of nitriles is 1. The fraction of sp³-hybridized carbons (Fsp3) is 0.182. The van der Waals surface area contributed by atoms with Gasteiger partial charge in [-0.15, -0.1) is 0 Å². The Hall–Kier alpha value is -3.92. The van der Waals surface area contributed by atoms with Crippen molar-refractivity contribution in [3.8, 4) is 23.1 Å². The molecule has 2 N–H and O–H groups in total. The number of aromatic nitrogens is 2. The SMILES string of the molecule is CCC(C)Oc1cccc(C=NNc2nc(-c3ccccc3)c(C#N)c(=O)[nH]2)c1. The van der Waals surface area contributed by atoms with E-state index in [1.807, 2.05) is 55.5 Å². The van der Waals surface area contributed by atoms with Crippen LogP contribution in [0.15, 0.2) is 64.5 Å². The lowest BCUT2D eigenvalue weighted by Crippen LogP contribution is -2.16. The second-order valence-corrected chi connectivity index (χ2v) is 6.40. The van der Waals surface area contributed by atoms with Gasteiger partial charge in [-0.25, -0.2) is 10.4 Å². The van der Waals surface area contributed by atoms with E-state index in [9.17, 15) is 10.1 Å². The molecule has 29 heavy (non-hydrogen) atoms. The van der Waals surface area contributed by atoms with Crippen LogP contribution in [0.25, 0.3) is 11.3 Å². The number of hydrogen-bond acceptors (Lipinski definition) is 6. The first-order valence-electron chi connectivity index (χ1n) is 9.26. The van der Waals surface area contributed by atoms with Crippen LogP contribution in [0.1, 0.15) is 31.4 Å². The van der Waals surface area contributed by atoms with Crippen molar-refractivity contribution in [3.63, 3.8) is 0 Å². The summed E-state index contributed by atoms with van der Waals surface area (Å²) in [7, 11) is 0. The van der Waals surface area contributed by atoms with Crippen LogP contribution in [0.4, 0.5) is 5.95 Å². The average molecular weight is 387 g/mol. The zero-order valence-electron chi connectivity index (χ0n) is 16.2. The Kier molecular flexibility index (Phi) is 6.38. The molecule has 0 bridgehead atoms. The fourth-order valence-electron chi connectivity index (χ4n) is 2.59. The smallest absolute Gasteiger partial charge is 0.270 e. The molecule has 0 aliphatic carbocycles. The Morgan fingerprint density at radius 1 is 1.28 bits per heavy atom. The number of nitrogens with zero attached hydrogens (tertiary/aromatic N) is 3. The molecule has 0 radical (unpaired) electrons. The lowest BCUT2D eigenvalue weighted by atomic mass is 10.1. The molecule has 1 unspecified atom stereocenters. The highest BCUT2D eigenvalue weighted by atomic mass is 16.5. The van der Waals surface area contributed by atoms with E-state index >= 15 is 0 Å². The molecular formula is C22H21N5O2. The van der Waals surface area contributed by atoms with Crippen LogP contribution < -0.4 is 15.7 Å². The largest absolute Gasteiger partial charge is 0.491 e. The maximum Gasteiger partial charge on any atom is 0.270 e. The first-order valence-corrected chi connectivity index (χ1v) is 9.26. The van der Waals surface area contributed by atoms with E-state index in [1.165, 1.54) is 0 Å². The third-order valence-corrected chi connectivity index (χ3v) is 4.23. The number of hydrazone groups is 1. The van der Waals surface area contributed by atoms with Crippen LogP contribution in [0, 0.1) is 11.3 Å². The summed E-state index contributed by atoms with van der Waals surface area (Å²) in [5.74, 6) is 0.913. The van der Waals surface area contributed by atoms with Crippen LogP contribution in [0.5, 0.6) is 5.75 Å². The van der Waals surface area contributed by atoms with Crippen molar-refractivity contribution in [3.05, 3.63) is 76.1 Å². The molecule has 0 amide bonds. The fourth-order valence-corrected chi connectivity index (χ4v) is 2.59. The predicted octanol–water partition coefficient (Wildman–Crippen LogP) is 3.93. The van der Waals surface area contributed by atoms with Gasteiger partial charge in [0.2, 0.25) is 5.95 Å². The van der Waals surface area contributed by atoms with Crippen molar-refractivity contribution in [2.75, 3.05) is 5.43 Å². The van der Waals surface area contributed by atoms with Crippen molar-refractivity contribution in [1.29, 1.82) is 5.26 Å². The first-order chi connectivity index (χ1) is 14.1. The van der Waals surface area contributed by atoms with Gasteiger partial charge in [-0.2, -0.15) is 10.4 Å². The molecule has 0 aliphatic heterocycles. The number of H-pyrrole nitrogens is 1. The van der Waals surface area contributed by atoms with Gasteiger partial charge in [0.15, 0.2) is 0 Å². The highest BCUT2D eigenvalue weighted by molar-refractivity contribution is 5.80. The number of ether oxygens (including phenoxy) is 1. The van der Waals surface area contributed by atoms with Crippen LogP contribution in [0.3, 0.4) is 0 Å². The molecule has 3 aromatic rings. The highest BCUT2D eigenvalue weighted by Crippen LogP contribution is 2.19. The Bertz CT molecular complexity index is 1100. The monoisotopic (exact) mass is 387 g/mol. The summed E-state index contributed by atoms with van der Waals surface area (Å²) in [5.41, 5.74) is 3.97. The summed E-state index contributed by atoms with van der Waals surface area (Å²) in [6.07, 6.45) is 2.65. The van der Waals surface area contributed by atoms with Crippen molar-refractivity contribution < 1.29 is 4.74 Å². The zero-order valence-corrected chi connectivity index (χ0v) is 16.2. The van der Waals surface area contributed by atoms with Crippen LogP contribution in [-0.4, -0.2) is 22.3 Å². The molecule has 146 valence electrons. The molecule has 0 saturated carbocycles. The molecule has 7 nitrogen and oxygen atoms in total. The van der Waals surface area contributed by atoms with E-state index in [4.69, 9.17) is 4.74 Å². The number of hydrogen-bond donors (Lipinski definition) is 2. The number of nitrogens with one attached hydrogen (secondary N) is 2. The van der Waals surface area contributed by atoms with Gasteiger partial charge in [-0.1, -0.05) is 49.4 Å². The molecule has 3 rings (SSSR count). The van der Waals surface area contributed by atoms with Gasteiger partial charge in [-0.3, -0.25) is 9.78 Å². The van der Waals surface area contributed by atoms with E-state index in [1.54, 1.807) is 18.3 Å². The van der Waals surface area contributed by atoms with Gasteiger partial charge in [0.05, 0.1) is 18.0 Å². The molecule has 0 aliphatic rings. The molecule has 1 heterocycles. The summed E-state index contributed by atoms with van der Waals surface area (Å²) in [5, 5.41) is 13.4. The van der Waals surface area contributed by atoms with Crippen molar-refractivity contribution in [2.45, 2.75) is 26.4 Å². The van der Waals surface area contributed by atoms with Gasteiger partial charge < -0.3 is 4.74 Å². The van der Waals surface area contributed by atoms with Gasteiger partial charge >= 0.3 is 0 Å². The lowest BCUT2D eigenvalue weighted by Gasteiger charge is -2.12. The molecular weight excluding hydrogens is 366 g/mol. The Morgan fingerprint density at radius 2 is 2.07 bits per heavy atom. The maximum atomic E-state index is 12.2. The Balaban J connectivity index is 1.81. The topological polar surface area (TPSA) is 103 Å². The minimum Gasteiger partial charge on any atom is -0.491 e. The molecule has 7 heteroatoms. The van der Waals surface area contributed by atoms with Crippen molar-refractivity contribution in [2.24, 2.45) is 5.10 Å². The van der Waals surface area contributed by atoms with Crippen LogP contribution >= 0.6 is 0 Å². The Morgan fingerprint density at radius 3 is 2.79 bits per heavy atom. The van der Waals surface area contributed by atoms with Gasteiger partial charge in [0.1, 0.15) is 17.4 Å². The summed E-state index contributed by atoms with van der Waals surface area (Å²) >= 11 is 0. The summed E-state index contributed by atoms with van der Waals surface area (Å²) in [6, 6.07) is 18.5. The molecule has 1 atom stereocenters. The number of anilines is 1. The standard InChI is InChI=1S/C22H21N5O2/c1-3-15(2)29-18-11-7-8-16(12-18)14-24-27-22-25-20(17-9-5-4-6-10-17)19(13-23)21(28)26-22/h4-12,14-15H,3H2,1-2H3,(H2,25,26,27,28). The minimum absolute atomic E-state index is 0.0411. The molecule has 2 aromatic carbocycles. The Labute approximate surface area is 168 Å². The number of rotatable bonds is 7. The van der Waals surface area contributed by atoms with E-state index < -0.39 is 5.56 Å². The van der Waals surface area contributed by atoms with E-state index in [0.717, 1.165) is 17.7 Å². The third kappa shape index (κ3) is 5.08. The first kappa shape index (κ1) is 19.8. The maximum absolute atomic E-state index is 12.2. The molecule has 0 fully saturated rings.